The second kappa shape index (κ2) is 11.0. The van der Waals surface area contributed by atoms with Gasteiger partial charge in [-0.3, -0.25) is 4.79 Å². The van der Waals surface area contributed by atoms with E-state index in [1.807, 2.05) is 56.9 Å². The summed E-state index contributed by atoms with van der Waals surface area (Å²) in [6.07, 6.45) is 2.68. The molecule has 1 fully saturated rings. The lowest BCUT2D eigenvalue weighted by molar-refractivity contribution is -0.135. The van der Waals surface area contributed by atoms with Crippen molar-refractivity contribution in [2.45, 2.75) is 64.6 Å². The number of rotatable bonds is 7. The van der Waals surface area contributed by atoms with E-state index in [9.17, 15) is 9.59 Å². The van der Waals surface area contributed by atoms with Gasteiger partial charge in [0, 0.05) is 30.1 Å². The molecule has 2 aromatic rings. The molecule has 1 aromatic heterocycles. The van der Waals surface area contributed by atoms with Gasteiger partial charge in [0.2, 0.25) is 5.91 Å². The molecule has 8 heteroatoms. The molecule has 2 unspecified atom stereocenters. The SMILES string of the molecule is Cc1ccc(OCC2c3ccsc3CCN2C(=O)CN(CC2CCCO2)C(=O)NC(C)(C)C)cc1. The highest BCUT2D eigenvalue weighted by molar-refractivity contribution is 7.10. The summed E-state index contributed by atoms with van der Waals surface area (Å²) in [6.45, 7) is 9.99. The third kappa shape index (κ3) is 6.76. The highest BCUT2D eigenvalue weighted by Crippen LogP contribution is 2.34. The number of ether oxygens (including phenoxy) is 2. The van der Waals surface area contributed by atoms with E-state index < -0.39 is 5.54 Å². The molecular weight excluding hydrogens is 462 g/mol. The van der Waals surface area contributed by atoms with Gasteiger partial charge in [-0.1, -0.05) is 17.7 Å². The second-order valence-electron chi connectivity index (χ2n) is 10.5. The molecule has 0 bridgehead atoms. The maximum atomic E-state index is 13.7. The van der Waals surface area contributed by atoms with Crippen LogP contribution < -0.4 is 10.1 Å². The fourth-order valence-electron chi connectivity index (χ4n) is 4.59. The monoisotopic (exact) mass is 499 g/mol. The highest BCUT2D eigenvalue weighted by Gasteiger charge is 2.34. The van der Waals surface area contributed by atoms with Crippen LogP contribution in [0.15, 0.2) is 35.7 Å². The van der Waals surface area contributed by atoms with Crippen LogP contribution in [0, 0.1) is 6.92 Å². The molecular formula is C27H37N3O4S. The van der Waals surface area contributed by atoms with Crippen LogP contribution in [0.25, 0.3) is 0 Å². The summed E-state index contributed by atoms with van der Waals surface area (Å²) in [4.78, 5) is 31.6. The Morgan fingerprint density at radius 1 is 1.23 bits per heavy atom. The van der Waals surface area contributed by atoms with Crippen molar-refractivity contribution >= 4 is 23.3 Å². The zero-order valence-corrected chi connectivity index (χ0v) is 22.0. The van der Waals surface area contributed by atoms with Gasteiger partial charge >= 0.3 is 6.03 Å². The van der Waals surface area contributed by atoms with Gasteiger partial charge < -0.3 is 24.6 Å². The Balaban J connectivity index is 1.49. The van der Waals surface area contributed by atoms with Crippen molar-refractivity contribution in [3.8, 4) is 5.75 Å². The summed E-state index contributed by atoms with van der Waals surface area (Å²) in [5, 5.41) is 5.09. The standard InChI is InChI=1S/C27H37N3O4S/c1-19-7-9-20(10-8-19)34-18-23-22-12-15-35-24(22)11-13-30(23)25(31)17-29(16-21-6-5-14-33-21)26(32)28-27(2,3)4/h7-10,12,15,21,23H,5-6,11,13-14,16-18H2,1-4H3,(H,28,32). The third-order valence-corrected chi connectivity index (χ3v) is 7.38. The number of thiophene rings is 1. The van der Waals surface area contributed by atoms with E-state index in [1.165, 1.54) is 10.4 Å². The van der Waals surface area contributed by atoms with Gasteiger partial charge in [0.05, 0.1) is 12.1 Å². The lowest BCUT2D eigenvalue weighted by Gasteiger charge is -2.37. The number of hydrogen-bond acceptors (Lipinski definition) is 5. The Hall–Kier alpha value is -2.58. The van der Waals surface area contributed by atoms with Crippen LogP contribution in [0.3, 0.4) is 0 Å². The van der Waals surface area contributed by atoms with E-state index in [1.54, 1.807) is 16.2 Å². The molecule has 0 spiro atoms. The Kier molecular flexibility index (Phi) is 8.02. The van der Waals surface area contributed by atoms with Gasteiger partial charge in [-0.2, -0.15) is 0 Å². The van der Waals surface area contributed by atoms with Crippen LogP contribution >= 0.6 is 11.3 Å². The second-order valence-corrected chi connectivity index (χ2v) is 11.5. The van der Waals surface area contributed by atoms with Crippen LogP contribution in [-0.2, 0) is 16.0 Å². The summed E-state index contributed by atoms with van der Waals surface area (Å²) in [5.74, 6) is 0.719. The fraction of sp³-hybridized carbons (Fsp3) is 0.556. The summed E-state index contributed by atoms with van der Waals surface area (Å²) in [7, 11) is 0. The number of aryl methyl sites for hydroxylation is 1. The van der Waals surface area contributed by atoms with Crippen molar-refractivity contribution in [1.82, 2.24) is 15.1 Å². The van der Waals surface area contributed by atoms with E-state index in [0.29, 0.717) is 26.3 Å². The Morgan fingerprint density at radius 2 is 2.00 bits per heavy atom. The minimum atomic E-state index is -0.393. The average molecular weight is 500 g/mol. The number of carbonyl (C=O) groups excluding carboxylic acids is 2. The summed E-state index contributed by atoms with van der Waals surface area (Å²) in [5.41, 5.74) is 1.93. The predicted molar refractivity (Wildman–Crippen MR) is 138 cm³/mol. The number of fused-ring (bicyclic) bond motifs is 1. The first-order chi connectivity index (χ1) is 16.7. The largest absolute Gasteiger partial charge is 0.491 e. The molecule has 0 aliphatic carbocycles. The summed E-state index contributed by atoms with van der Waals surface area (Å²) in [6, 6.07) is 9.63. The molecule has 3 heterocycles. The minimum Gasteiger partial charge on any atom is -0.491 e. The van der Waals surface area contributed by atoms with E-state index in [-0.39, 0.29) is 30.6 Å². The smallest absolute Gasteiger partial charge is 0.318 e. The molecule has 1 aromatic carbocycles. The fourth-order valence-corrected chi connectivity index (χ4v) is 5.52. The van der Waals surface area contributed by atoms with Crippen molar-refractivity contribution in [2.24, 2.45) is 0 Å². The number of amides is 3. The number of nitrogens with one attached hydrogen (secondary N) is 1. The molecule has 2 aliphatic heterocycles. The van der Waals surface area contributed by atoms with Crippen molar-refractivity contribution in [3.05, 3.63) is 51.7 Å². The number of nitrogens with zero attached hydrogens (tertiary/aromatic N) is 2. The molecule has 0 radical (unpaired) electrons. The summed E-state index contributed by atoms with van der Waals surface area (Å²) >= 11 is 1.73. The van der Waals surface area contributed by atoms with Crippen LogP contribution in [0.1, 0.15) is 55.7 Å². The summed E-state index contributed by atoms with van der Waals surface area (Å²) < 4.78 is 11.9. The third-order valence-electron chi connectivity index (χ3n) is 6.39. The first-order valence-electron chi connectivity index (χ1n) is 12.4. The predicted octanol–water partition coefficient (Wildman–Crippen LogP) is 4.55. The number of hydrogen-bond donors (Lipinski definition) is 1. The molecule has 7 nitrogen and oxygen atoms in total. The van der Waals surface area contributed by atoms with Crippen LogP contribution in [-0.4, -0.2) is 66.2 Å². The maximum Gasteiger partial charge on any atom is 0.318 e. The molecule has 0 saturated carbocycles. The Labute approximate surface area is 212 Å². The van der Waals surface area contributed by atoms with Crippen LogP contribution in [0.5, 0.6) is 5.75 Å². The van der Waals surface area contributed by atoms with E-state index >= 15 is 0 Å². The normalized spacial score (nSPS) is 19.8. The van der Waals surface area contributed by atoms with Crippen molar-refractivity contribution < 1.29 is 19.1 Å². The molecule has 3 amide bonds. The Morgan fingerprint density at radius 3 is 2.69 bits per heavy atom. The van der Waals surface area contributed by atoms with Crippen LogP contribution in [0.4, 0.5) is 4.79 Å². The molecule has 2 atom stereocenters. The number of urea groups is 1. The van der Waals surface area contributed by atoms with Gasteiger partial charge in [0.1, 0.15) is 18.9 Å². The lowest BCUT2D eigenvalue weighted by atomic mass is 10.0. The topological polar surface area (TPSA) is 71.1 Å². The molecule has 1 N–H and O–H groups in total. The van der Waals surface area contributed by atoms with E-state index in [4.69, 9.17) is 9.47 Å². The van der Waals surface area contributed by atoms with E-state index in [0.717, 1.165) is 30.6 Å². The quantitative estimate of drug-likeness (QED) is 0.607. The van der Waals surface area contributed by atoms with Crippen molar-refractivity contribution in [3.63, 3.8) is 0 Å². The first kappa shape index (κ1) is 25.5. The zero-order chi connectivity index (χ0) is 25.0. The average Bonchev–Trinajstić information content (AvgIpc) is 3.48. The van der Waals surface area contributed by atoms with Crippen molar-refractivity contribution in [2.75, 3.05) is 32.8 Å². The van der Waals surface area contributed by atoms with Gasteiger partial charge in [0.25, 0.3) is 0 Å². The molecule has 1 saturated heterocycles. The molecule has 35 heavy (non-hydrogen) atoms. The number of benzene rings is 1. The lowest BCUT2D eigenvalue weighted by Crippen LogP contribution is -2.54. The van der Waals surface area contributed by atoms with Crippen LogP contribution in [0.2, 0.25) is 0 Å². The van der Waals surface area contributed by atoms with Crippen molar-refractivity contribution in [1.29, 1.82) is 0 Å². The van der Waals surface area contributed by atoms with Gasteiger partial charge in [-0.25, -0.2) is 4.79 Å². The molecule has 190 valence electrons. The minimum absolute atomic E-state index is 0.0161. The van der Waals surface area contributed by atoms with Gasteiger partial charge in [-0.05, 0) is 76.1 Å². The maximum absolute atomic E-state index is 13.7. The molecule has 2 aliphatic rings. The molecule has 4 rings (SSSR count). The van der Waals surface area contributed by atoms with Gasteiger partial charge in [-0.15, -0.1) is 11.3 Å². The number of carbonyl (C=O) groups is 2. The van der Waals surface area contributed by atoms with E-state index in [2.05, 4.69) is 16.8 Å². The van der Waals surface area contributed by atoms with Gasteiger partial charge in [0.15, 0.2) is 0 Å². The highest BCUT2D eigenvalue weighted by atomic mass is 32.1. The first-order valence-corrected chi connectivity index (χ1v) is 13.3. The zero-order valence-electron chi connectivity index (χ0n) is 21.2. The Bertz CT molecular complexity index is 1010.